The number of methoxy groups -OCH3 is 2. The number of halogens is 4. The summed E-state index contributed by atoms with van der Waals surface area (Å²) in [6, 6.07) is 8.57. The van der Waals surface area contributed by atoms with Crippen LogP contribution in [0, 0.1) is 0 Å². The molecule has 3 nitrogen and oxygen atoms in total. The number of aromatic nitrogens is 1. The van der Waals surface area contributed by atoms with Gasteiger partial charge in [-0.2, -0.15) is 13.2 Å². The lowest BCUT2D eigenvalue weighted by atomic mass is 10.2. The molecule has 0 aliphatic heterocycles. The topological polar surface area (TPSA) is 31.4 Å². The maximum absolute atomic E-state index is 12.2. The molecule has 0 radical (unpaired) electrons. The van der Waals surface area contributed by atoms with Crippen molar-refractivity contribution in [2.45, 2.75) is 26.4 Å². The van der Waals surface area contributed by atoms with Crippen LogP contribution < -0.4 is 9.47 Å². The van der Waals surface area contributed by atoms with E-state index >= 15 is 0 Å². The monoisotopic (exact) mass is 363 g/mol. The Hall–Kier alpha value is -1.95. The van der Waals surface area contributed by atoms with Crippen LogP contribution in [0.4, 0.5) is 13.2 Å². The van der Waals surface area contributed by atoms with Crippen molar-refractivity contribution in [3.63, 3.8) is 0 Å². The fourth-order valence-corrected chi connectivity index (χ4v) is 1.60. The zero-order valence-electron chi connectivity index (χ0n) is 14.0. The Kier molecular flexibility index (Phi) is 10.6. The molecule has 0 N–H and O–H groups in total. The molecular formula is C17H21ClF3NO2. The molecule has 0 atom stereocenters. The van der Waals surface area contributed by atoms with Gasteiger partial charge in [-0.05, 0) is 24.3 Å². The second kappa shape index (κ2) is 11.6. The molecule has 0 unspecified atom stereocenters. The number of para-hydroxylation sites is 1. The van der Waals surface area contributed by atoms with Crippen molar-refractivity contribution >= 4 is 11.6 Å². The first kappa shape index (κ1) is 22.1. The first-order valence-electron chi connectivity index (χ1n) is 7.16. The molecule has 0 saturated carbocycles. The van der Waals surface area contributed by atoms with Crippen LogP contribution in [0.3, 0.4) is 0 Å². The summed E-state index contributed by atoms with van der Waals surface area (Å²) >= 11 is 5.64. The number of hydrogen-bond acceptors (Lipinski definition) is 3. The van der Waals surface area contributed by atoms with E-state index in [0.717, 1.165) is 6.07 Å². The van der Waals surface area contributed by atoms with Crippen molar-refractivity contribution in [1.82, 2.24) is 4.98 Å². The predicted molar refractivity (Wildman–Crippen MR) is 89.8 cm³/mol. The van der Waals surface area contributed by atoms with Gasteiger partial charge in [0.1, 0.15) is 10.8 Å². The summed E-state index contributed by atoms with van der Waals surface area (Å²) < 4.78 is 45.8. The molecule has 0 aliphatic rings. The second-order valence-corrected chi connectivity index (χ2v) is 4.81. The quantitative estimate of drug-likeness (QED) is 0.668. The van der Waals surface area contributed by atoms with E-state index in [-0.39, 0.29) is 5.75 Å². The van der Waals surface area contributed by atoms with Gasteiger partial charge in [0.25, 0.3) is 0 Å². The van der Waals surface area contributed by atoms with Crippen LogP contribution >= 0.6 is 11.6 Å². The molecule has 0 spiro atoms. The molecule has 7 heteroatoms. The Morgan fingerprint density at radius 2 is 1.58 bits per heavy atom. The van der Waals surface area contributed by atoms with Crippen molar-refractivity contribution < 1.29 is 22.6 Å². The van der Waals surface area contributed by atoms with E-state index < -0.39 is 11.7 Å². The molecule has 0 saturated heterocycles. The smallest absolute Gasteiger partial charge is 0.419 e. The highest BCUT2D eigenvalue weighted by Gasteiger charge is 2.33. The molecule has 24 heavy (non-hydrogen) atoms. The number of hydrogen-bond donors (Lipinski definition) is 0. The Morgan fingerprint density at radius 1 is 1.00 bits per heavy atom. The van der Waals surface area contributed by atoms with Crippen LogP contribution in [0.5, 0.6) is 11.6 Å². The molecular weight excluding hydrogens is 343 g/mol. The fraction of sp³-hybridized carbons (Fsp3) is 0.353. The van der Waals surface area contributed by atoms with E-state index in [1.165, 1.54) is 38.8 Å². The minimum absolute atomic E-state index is 0.148. The zero-order chi connectivity index (χ0) is 18.6. The molecule has 2 rings (SSSR count). The number of benzene rings is 1. The van der Waals surface area contributed by atoms with Crippen molar-refractivity contribution in [2.24, 2.45) is 0 Å². The minimum atomic E-state index is -4.34. The summed E-state index contributed by atoms with van der Waals surface area (Å²) in [7, 11) is 2.75. The van der Waals surface area contributed by atoms with Crippen LogP contribution in [-0.4, -0.2) is 19.2 Å². The SMILES string of the molecule is CCC.COc1ccccc1C(F)(F)F.COc1ncccc1Cl. The molecule has 1 aromatic heterocycles. The molecule has 0 fully saturated rings. The van der Waals surface area contributed by atoms with Crippen LogP contribution in [-0.2, 0) is 6.18 Å². The average molecular weight is 364 g/mol. The maximum atomic E-state index is 12.2. The molecule has 0 aliphatic carbocycles. The summed E-state index contributed by atoms with van der Waals surface area (Å²) in [4.78, 5) is 3.84. The Labute approximate surface area is 145 Å². The van der Waals surface area contributed by atoms with Crippen molar-refractivity contribution in [2.75, 3.05) is 14.2 Å². The number of nitrogens with zero attached hydrogens (tertiary/aromatic N) is 1. The van der Waals surface area contributed by atoms with E-state index in [1.54, 1.807) is 18.3 Å². The molecule has 134 valence electrons. The average Bonchev–Trinajstić information content (AvgIpc) is 2.56. The van der Waals surface area contributed by atoms with E-state index in [1.807, 2.05) is 0 Å². The van der Waals surface area contributed by atoms with Gasteiger partial charge in [0.15, 0.2) is 0 Å². The minimum Gasteiger partial charge on any atom is -0.496 e. The second-order valence-electron chi connectivity index (χ2n) is 4.40. The van der Waals surface area contributed by atoms with Crippen LogP contribution in [0.15, 0.2) is 42.6 Å². The summed E-state index contributed by atoms with van der Waals surface area (Å²) in [6.45, 7) is 4.25. The van der Waals surface area contributed by atoms with E-state index in [9.17, 15) is 13.2 Å². The van der Waals surface area contributed by atoms with Gasteiger partial charge in [-0.1, -0.05) is 44.0 Å². The lowest BCUT2D eigenvalue weighted by molar-refractivity contribution is -0.138. The number of alkyl halides is 3. The maximum Gasteiger partial charge on any atom is 0.419 e. The lowest BCUT2D eigenvalue weighted by Crippen LogP contribution is -2.06. The third-order valence-corrected chi connectivity index (χ3v) is 2.62. The normalized spacial score (nSPS) is 9.83. The number of rotatable bonds is 2. The van der Waals surface area contributed by atoms with Gasteiger partial charge in [0.2, 0.25) is 5.88 Å². The third-order valence-electron chi connectivity index (χ3n) is 2.33. The van der Waals surface area contributed by atoms with Gasteiger partial charge >= 0.3 is 6.18 Å². The zero-order valence-corrected chi connectivity index (χ0v) is 14.8. The highest BCUT2D eigenvalue weighted by molar-refractivity contribution is 6.31. The van der Waals surface area contributed by atoms with Gasteiger partial charge < -0.3 is 9.47 Å². The Balaban J connectivity index is 0.000000390. The highest BCUT2D eigenvalue weighted by atomic mass is 35.5. The van der Waals surface area contributed by atoms with Gasteiger partial charge in [0, 0.05) is 6.20 Å². The molecule has 0 amide bonds. The summed E-state index contributed by atoms with van der Waals surface area (Å²) in [5, 5.41) is 0.542. The molecule has 2 aromatic rings. The predicted octanol–water partition coefficient (Wildman–Crippen LogP) is 5.87. The molecule has 1 aromatic carbocycles. The lowest BCUT2D eigenvalue weighted by Gasteiger charge is -2.10. The van der Waals surface area contributed by atoms with Gasteiger partial charge in [-0.15, -0.1) is 0 Å². The first-order valence-corrected chi connectivity index (χ1v) is 7.54. The number of pyridine rings is 1. The summed E-state index contributed by atoms with van der Waals surface area (Å²) in [6.07, 6.45) is -1.46. The van der Waals surface area contributed by atoms with E-state index in [0.29, 0.717) is 10.9 Å². The Bertz CT molecular complexity index is 592. The van der Waals surface area contributed by atoms with Gasteiger partial charge in [-0.25, -0.2) is 4.98 Å². The Morgan fingerprint density at radius 3 is 1.96 bits per heavy atom. The molecule has 0 bridgehead atoms. The van der Waals surface area contributed by atoms with Crippen LogP contribution in [0.1, 0.15) is 25.8 Å². The summed E-state index contributed by atoms with van der Waals surface area (Å²) in [5.74, 6) is 0.323. The van der Waals surface area contributed by atoms with Crippen molar-refractivity contribution in [1.29, 1.82) is 0 Å². The van der Waals surface area contributed by atoms with Crippen molar-refractivity contribution in [3.05, 3.63) is 53.2 Å². The van der Waals surface area contributed by atoms with Crippen molar-refractivity contribution in [3.8, 4) is 11.6 Å². The van der Waals surface area contributed by atoms with Crippen LogP contribution in [0.2, 0.25) is 5.02 Å². The van der Waals surface area contributed by atoms with E-state index in [4.69, 9.17) is 16.3 Å². The first-order chi connectivity index (χ1) is 11.3. The summed E-state index contributed by atoms with van der Waals surface area (Å²) in [5.41, 5.74) is -0.743. The van der Waals surface area contributed by atoms with Gasteiger partial charge in [-0.3, -0.25) is 0 Å². The largest absolute Gasteiger partial charge is 0.496 e. The van der Waals surface area contributed by atoms with Gasteiger partial charge in [0.05, 0.1) is 19.8 Å². The highest BCUT2D eigenvalue weighted by Crippen LogP contribution is 2.35. The molecule has 1 heterocycles. The van der Waals surface area contributed by atoms with E-state index in [2.05, 4.69) is 23.6 Å². The fourth-order valence-electron chi connectivity index (χ4n) is 1.40. The van der Waals surface area contributed by atoms with Crippen LogP contribution in [0.25, 0.3) is 0 Å². The third kappa shape index (κ3) is 8.06. The standard InChI is InChI=1S/C8H7F3O.C6H6ClNO.C3H8/c1-12-7-5-3-2-4-6(7)8(9,10)11;1-9-6-5(7)3-2-4-8-6;1-3-2/h2-5H,1H3;2-4H,1H3;3H2,1-2H3. The number of ether oxygens (including phenoxy) is 2.